The van der Waals surface area contributed by atoms with Crippen LogP contribution in [0.2, 0.25) is 0 Å². The number of aryl methyl sites for hydroxylation is 3. The van der Waals surface area contributed by atoms with Gasteiger partial charge in [0.1, 0.15) is 0 Å². The topological polar surface area (TPSA) is 99.6 Å². The van der Waals surface area contributed by atoms with E-state index in [2.05, 4.69) is 4.98 Å². The van der Waals surface area contributed by atoms with Gasteiger partial charge in [0.05, 0.1) is 22.3 Å². The molecule has 186 valence electrons. The van der Waals surface area contributed by atoms with Crippen molar-refractivity contribution in [3.8, 4) is 0 Å². The summed E-state index contributed by atoms with van der Waals surface area (Å²) in [4.78, 5) is 55.9. The Morgan fingerprint density at radius 1 is 0.622 bits per heavy atom. The first-order valence-electron chi connectivity index (χ1n) is 11.7. The number of nitrogens with zero attached hydrogens (tertiary/aromatic N) is 1. The fourth-order valence-corrected chi connectivity index (χ4v) is 3.85. The Morgan fingerprint density at radius 2 is 1.08 bits per heavy atom. The maximum Gasteiger partial charge on any atom is 0.341 e. The first kappa shape index (κ1) is 25.4. The van der Waals surface area contributed by atoms with Crippen LogP contribution in [0.5, 0.6) is 0 Å². The molecule has 4 rings (SSSR count). The van der Waals surface area contributed by atoms with Crippen molar-refractivity contribution in [1.82, 2.24) is 4.98 Å². The molecule has 1 aromatic heterocycles. The molecule has 0 aliphatic carbocycles. The summed E-state index contributed by atoms with van der Waals surface area (Å²) >= 11 is 0. The Labute approximate surface area is 214 Å². The van der Waals surface area contributed by atoms with Crippen molar-refractivity contribution in [3.63, 3.8) is 0 Å². The lowest BCUT2D eigenvalue weighted by atomic mass is 10.0. The number of Topliss-reactive ketones (excluding diaryl/α,β-unsaturated/α-hetero) is 2. The largest absolute Gasteiger partial charge is 0.454 e. The highest BCUT2D eigenvalue weighted by atomic mass is 16.5. The van der Waals surface area contributed by atoms with Crippen molar-refractivity contribution < 1.29 is 28.7 Å². The SMILES string of the molecule is Cc1ccc(C(=O)COC(=O)c2c(C)nc3ccccc3c2C(=O)OCC(=O)c2ccc(C)cc2)cc1. The Morgan fingerprint density at radius 3 is 1.59 bits per heavy atom. The zero-order valence-electron chi connectivity index (χ0n) is 20.7. The zero-order valence-corrected chi connectivity index (χ0v) is 20.7. The van der Waals surface area contributed by atoms with Gasteiger partial charge in [0.15, 0.2) is 24.8 Å². The standard InChI is InChI=1S/C30H25NO6/c1-18-8-12-21(13-9-18)25(32)16-36-29(34)27-20(3)31-24-7-5-4-6-23(24)28(27)30(35)37-17-26(33)22-14-10-19(2)11-15-22/h4-15H,16-17H2,1-3H3. The number of ether oxygens (including phenoxy) is 2. The van der Waals surface area contributed by atoms with Gasteiger partial charge >= 0.3 is 11.9 Å². The Bertz CT molecular complexity index is 1500. The van der Waals surface area contributed by atoms with Crippen molar-refractivity contribution in [2.24, 2.45) is 0 Å². The number of carbonyl (C=O) groups is 4. The second-order valence-electron chi connectivity index (χ2n) is 8.70. The molecule has 3 aromatic carbocycles. The van der Waals surface area contributed by atoms with Gasteiger partial charge in [-0.1, -0.05) is 77.9 Å². The number of hydrogen-bond donors (Lipinski definition) is 0. The highest BCUT2D eigenvalue weighted by Crippen LogP contribution is 2.25. The van der Waals surface area contributed by atoms with Crippen molar-refractivity contribution in [3.05, 3.63) is 112 Å². The average molecular weight is 496 g/mol. The van der Waals surface area contributed by atoms with Crippen LogP contribution in [-0.2, 0) is 9.47 Å². The van der Waals surface area contributed by atoms with Gasteiger partial charge in [0.2, 0.25) is 0 Å². The lowest BCUT2D eigenvalue weighted by Gasteiger charge is -2.14. The number of esters is 2. The van der Waals surface area contributed by atoms with E-state index in [4.69, 9.17) is 9.47 Å². The van der Waals surface area contributed by atoms with E-state index in [0.29, 0.717) is 22.0 Å². The van der Waals surface area contributed by atoms with Gasteiger partial charge in [-0.25, -0.2) is 9.59 Å². The summed E-state index contributed by atoms with van der Waals surface area (Å²) in [6.07, 6.45) is 0. The van der Waals surface area contributed by atoms with Crippen LogP contribution in [0.25, 0.3) is 10.9 Å². The van der Waals surface area contributed by atoms with Gasteiger partial charge in [-0.2, -0.15) is 0 Å². The van der Waals surface area contributed by atoms with Crippen LogP contribution in [0, 0.1) is 20.8 Å². The molecule has 4 aromatic rings. The van der Waals surface area contributed by atoms with E-state index in [-0.39, 0.29) is 28.4 Å². The van der Waals surface area contributed by atoms with Gasteiger partial charge in [-0.3, -0.25) is 14.6 Å². The van der Waals surface area contributed by atoms with Crippen LogP contribution in [-0.4, -0.2) is 41.7 Å². The zero-order chi connectivity index (χ0) is 26.5. The highest BCUT2D eigenvalue weighted by molar-refractivity contribution is 6.13. The molecular formula is C30H25NO6. The Kier molecular flexibility index (Phi) is 7.53. The maximum atomic E-state index is 13.2. The fourth-order valence-electron chi connectivity index (χ4n) is 3.85. The molecule has 0 aliphatic heterocycles. The first-order chi connectivity index (χ1) is 17.7. The van der Waals surface area contributed by atoms with E-state index in [1.807, 2.05) is 13.8 Å². The molecule has 37 heavy (non-hydrogen) atoms. The second kappa shape index (κ2) is 11.0. The molecule has 0 bridgehead atoms. The van der Waals surface area contributed by atoms with Crippen LogP contribution in [0.15, 0.2) is 72.8 Å². The summed E-state index contributed by atoms with van der Waals surface area (Å²) in [6, 6.07) is 20.6. The Hall–Kier alpha value is -4.65. The molecule has 7 heteroatoms. The number of rotatable bonds is 8. The molecule has 0 saturated heterocycles. The molecule has 0 atom stereocenters. The normalized spacial score (nSPS) is 10.7. The van der Waals surface area contributed by atoms with Crippen LogP contribution in [0.1, 0.15) is 58.3 Å². The van der Waals surface area contributed by atoms with Crippen LogP contribution >= 0.6 is 0 Å². The van der Waals surface area contributed by atoms with Crippen molar-refractivity contribution in [1.29, 1.82) is 0 Å². The minimum absolute atomic E-state index is 0.0624. The van der Waals surface area contributed by atoms with Gasteiger partial charge in [0.25, 0.3) is 0 Å². The van der Waals surface area contributed by atoms with E-state index in [1.54, 1.807) is 79.7 Å². The molecule has 0 saturated carbocycles. The van der Waals surface area contributed by atoms with E-state index in [1.165, 1.54) is 0 Å². The molecular weight excluding hydrogens is 470 g/mol. The summed E-state index contributed by atoms with van der Waals surface area (Å²) < 4.78 is 10.6. The number of benzene rings is 3. The molecule has 0 amide bonds. The minimum atomic E-state index is -0.881. The third-order valence-electron chi connectivity index (χ3n) is 5.90. The summed E-state index contributed by atoms with van der Waals surface area (Å²) in [5.41, 5.74) is 3.35. The number of pyridine rings is 1. The van der Waals surface area contributed by atoms with Crippen molar-refractivity contribution in [2.75, 3.05) is 13.2 Å². The van der Waals surface area contributed by atoms with E-state index in [0.717, 1.165) is 11.1 Å². The number of fused-ring (bicyclic) bond motifs is 1. The third-order valence-corrected chi connectivity index (χ3v) is 5.90. The average Bonchev–Trinajstić information content (AvgIpc) is 2.90. The molecule has 0 aliphatic rings. The fraction of sp³-hybridized carbons (Fsp3) is 0.167. The lowest BCUT2D eigenvalue weighted by molar-refractivity contribution is 0.0439. The van der Waals surface area contributed by atoms with Gasteiger partial charge < -0.3 is 9.47 Å². The predicted octanol–water partition coefficient (Wildman–Crippen LogP) is 5.24. The summed E-state index contributed by atoms with van der Waals surface area (Å²) in [6.45, 7) is 4.37. The number of hydrogen-bond acceptors (Lipinski definition) is 7. The highest BCUT2D eigenvalue weighted by Gasteiger charge is 2.27. The molecule has 0 radical (unpaired) electrons. The molecule has 0 spiro atoms. The number of carbonyl (C=O) groups excluding carboxylic acids is 4. The van der Waals surface area contributed by atoms with Crippen LogP contribution < -0.4 is 0 Å². The summed E-state index contributed by atoms with van der Waals surface area (Å²) in [5, 5.41) is 0.373. The van der Waals surface area contributed by atoms with Crippen LogP contribution in [0.4, 0.5) is 0 Å². The second-order valence-corrected chi connectivity index (χ2v) is 8.70. The molecule has 0 fully saturated rings. The minimum Gasteiger partial charge on any atom is -0.454 e. The van der Waals surface area contributed by atoms with Gasteiger partial charge in [-0.05, 0) is 26.8 Å². The van der Waals surface area contributed by atoms with E-state index in [9.17, 15) is 19.2 Å². The number of para-hydroxylation sites is 1. The molecule has 0 N–H and O–H groups in total. The monoisotopic (exact) mass is 495 g/mol. The quantitative estimate of drug-likeness (QED) is 0.243. The van der Waals surface area contributed by atoms with E-state index < -0.39 is 25.2 Å². The smallest absolute Gasteiger partial charge is 0.341 e. The number of ketones is 2. The van der Waals surface area contributed by atoms with Crippen molar-refractivity contribution >= 4 is 34.4 Å². The maximum absolute atomic E-state index is 13.2. The summed E-state index contributed by atoms with van der Waals surface area (Å²) in [7, 11) is 0. The third kappa shape index (κ3) is 5.78. The predicted molar refractivity (Wildman–Crippen MR) is 138 cm³/mol. The lowest BCUT2D eigenvalue weighted by Crippen LogP contribution is -2.21. The van der Waals surface area contributed by atoms with Gasteiger partial charge in [-0.15, -0.1) is 0 Å². The molecule has 7 nitrogen and oxygen atoms in total. The Balaban J connectivity index is 1.59. The van der Waals surface area contributed by atoms with Gasteiger partial charge in [0, 0.05) is 16.5 Å². The van der Waals surface area contributed by atoms with E-state index >= 15 is 0 Å². The number of aromatic nitrogens is 1. The first-order valence-corrected chi connectivity index (χ1v) is 11.7. The molecule has 1 heterocycles. The van der Waals surface area contributed by atoms with Crippen LogP contribution in [0.3, 0.4) is 0 Å². The summed E-state index contributed by atoms with van der Waals surface area (Å²) in [5.74, 6) is -2.50. The molecule has 0 unspecified atom stereocenters. The van der Waals surface area contributed by atoms with Crippen molar-refractivity contribution in [2.45, 2.75) is 20.8 Å².